The van der Waals surface area contributed by atoms with Crippen molar-refractivity contribution >= 4 is 33.2 Å². The van der Waals surface area contributed by atoms with Crippen LogP contribution in [0.25, 0.3) is 10.2 Å². The number of rotatable bonds is 6. The topological polar surface area (TPSA) is 52.8 Å². The molecule has 0 unspecified atom stereocenters. The molecule has 0 saturated carbocycles. The van der Waals surface area contributed by atoms with Crippen LogP contribution in [0.3, 0.4) is 0 Å². The van der Waals surface area contributed by atoms with Gasteiger partial charge >= 0.3 is 0 Å². The summed E-state index contributed by atoms with van der Waals surface area (Å²) in [6, 6.07) is 4.13. The van der Waals surface area contributed by atoms with Crippen molar-refractivity contribution in [2.24, 2.45) is 5.92 Å². The van der Waals surface area contributed by atoms with Crippen molar-refractivity contribution in [1.29, 1.82) is 5.26 Å². The highest BCUT2D eigenvalue weighted by molar-refractivity contribution is 7.16. The van der Waals surface area contributed by atoms with Gasteiger partial charge in [0.2, 0.25) is 0 Å². The summed E-state index contributed by atoms with van der Waals surface area (Å²) in [7, 11) is 0. The Kier molecular flexibility index (Phi) is 5.30. The highest BCUT2D eigenvalue weighted by atomic mass is 35.5. The molecule has 0 fully saturated rings. The van der Waals surface area contributed by atoms with Crippen LogP contribution in [-0.2, 0) is 6.54 Å². The maximum absolute atomic E-state index is 8.75. The third-order valence-electron chi connectivity index (χ3n) is 2.85. The van der Waals surface area contributed by atoms with Crippen LogP contribution in [-0.4, -0.2) is 28.0 Å². The maximum atomic E-state index is 8.75. The first-order chi connectivity index (χ1) is 9.60. The van der Waals surface area contributed by atoms with Crippen LogP contribution in [0, 0.1) is 17.2 Å². The monoisotopic (exact) mass is 308 g/mol. The predicted molar refractivity (Wildman–Crippen MR) is 82.8 cm³/mol. The fraction of sp³-hybridized carbons (Fsp3) is 0.500. The molecule has 0 N–H and O–H groups in total. The SMILES string of the molecule is CC(C)CN(CCC#N)Cc1nc(Cl)c2ccsc2n1. The molecule has 6 heteroatoms. The summed E-state index contributed by atoms with van der Waals surface area (Å²) in [4.78, 5) is 12.0. The first-order valence-electron chi connectivity index (χ1n) is 6.59. The minimum Gasteiger partial charge on any atom is -0.295 e. The Morgan fingerprint density at radius 2 is 2.25 bits per heavy atom. The lowest BCUT2D eigenvalue weighted by Gasteiger charge is -2.22. The van der Waals surface area contributed by atoms with Gasteiger partial charge < -0.3 is 0 Å². The highest BCUT2D eigenvalue weighted by Gasteiger charge is 2.12. The van der Waals surface area contributed by atoms with E-state index in [1.165, 1.54) is 0 Å². The van der Waals surface area contributed by atoms with E-state index >= 15 is 0 Å². The molecule has 2 aromatic rings. The highest BCUT2D eigenvalue weighted by Crippen LogP contribution is 2.25. The van der Waals surface area contributed by atoms with E-state index in [2.05, 4.69) is 34.8 Å². The Labute approximate surface area is 128 Å². The van der Waals surface area contributed by atoms with Crippen molar-refractivity contribution in [3.63, 3.8) is 0 Å². The van der Waals surface area contributed by atoms with Gasteiger partial charge in [0.1, 0.15) is 15.8 Å². The average Bonchev–Trinajstić information content (AvgIpc) is 2.84. The quantitative estimate of drug-likeness (QED) is 0.763. The number of hydrogen-bond acceptors (Lipinski definition) is 5. The van der Waals surface area contributed by atoms with Crippen molar-refractivity contribution in [3.05, 3.63) is 22.4 Å². The van der Waals surface area contributed by atoms with E-state index in [1.54, 1.807) is 11.3 Å². The number of halogens is 1. The first-order valence-corrected chi connectivity index (χ1v) is 7.85. The molecule has 0 atom stereocenters. The van der Waals surface area contributed by atoms with Gasteiger partial charge in [0.25, 0.3) is 0 Å². The Morgan fingerprint density at radius 3 is 2.95 bits per heavy atom. The lowest BCUT2D eigenvalue weighted by Crippen LogP contribution is -2.29. The fourth-order valence-corrected chi connectivity index (χ4v) is 3.18. The molecule has 0 aromatic carbocycles. The number of aromatic nitrogens is 2. The molecule has 20 heavy (non-hydrogen) atoms. The van der Waals surface area contributed by atoms with Crippen molar-refractivity contribution in [2.45, 2.75) is 26.8 Å². The van der Waals surface area contributed by atoms with Crippen molar-refractivity contribution < 1.29 is 0 Å². The van der Waals surface area contributed by atoms with Crippen LogP contribution in [0.4, 0.5) is 0 Å². The Hall–Kier alpha value is -1.22. The van der Waals surface area contributed by atoms with Gasteiger partial charge in [-0.3, -0.25) is 4.90 Å². The molecule has 2 aromatic heterocycles. The third kappa shape index (κ3) is 3.89. The van der Waals surface area contributed by atoms with Crippen LogP contribution in [0.1, 0.15) is 26.1 Å². The molecule has 4 nitrogen and oxygen atoms in total. The van der Waals surface area contributed by atoms with Gasteiger partial charge in [0, 0.05) is 24.9 Å². The van der Waals surface area contributed by atoms with Crippen LogP contribution in [0.5, 0.6) is 0 Å². The van der Waals surface area contributed by atoms with Gasteiger partial charge in [-0.15, -0.1) is 11.3 Å². The van der Waals surface area contributed by atoms with Gasteiger partial charge in [-0.05, 0) is 17.4 Å². The number of nitrogens with zero attached hydrogens (tertiary/aromatic N) is 4. The summed E-state index contributed by atoms with van der Waals surface area (Å²) in [5, 5.41) is 12.1. The van der Waals surface area contributed by atoms with E-state index in [4.69, 9.17) is 16.9 Å². The summed E-state index contributed by atoms with van der Waals surface area (Å²) < 4.78 is 0. The van der Waals surface area contributed by atoms with Crippen LogP contribution in [0.2, 0.25) is 5.15 Å². The normalized spacial score (nSPS) is 11.4. The molecule has 0 saturated heterocycles. The van der Waals surface area contributed by atoms with E-state index in [0.29, 0.717) is 24.0 Å². The maximum Gasteiger partial charge on any atom is 0.145 e. The molecule has 0 spiro atoms. The van der Waals surface area contributed by atoms with Crippen molar-refractivity contribution in [2.75, 3.05) is 13.1 Å². The molecular formula is C14H17ClN4S. The summed E-state index contributed by atoms with van der Waals surface area (Å²) >= 11 is 7.75. The predicted octanol–water partition coefficient (Wildman–Crippen LogP) is 3.72. The molecule has 106 valence electrons. The molecule has 0 aliphatic carbocycles. The van der Waals surface area contributed by atoms with Crippen LogP contribution < -0.4 is 0 Å². The van der Waals surface area contributed by atoms with E-state index in [-0.39, 0.29) is 0 Å². The third-order valence-corrected chi connectivity index (χ3v) is 3.95. The van der Waals surface area contributed by atoms with E-state index < -0.39 is 0 Å². The van der Waals surface area contributed by atoms with Gasteiger partial charge in [-0.2, -0.15) is 5.26 Å². The number of hydrogen-bond donors (Lipinski definition) is 0. The molecule has 0 radical (unpaired) electrons. The van der Waals surface area contributed by atoms with Gasteiger partial charge in [0.15, 0.2) is 0 Å². The number of fused-ring (bicyclic) bond motifs is 1. The van der Waals surface area contributed by atoms with Crippen molar-refractivity contribution in [1.82, 2.24) is 14.9 Å². The largest absolute Gasteiger partial charge is 0.295 e. The Bertz CT molecular complexity index is 617. The second-order valence-corrected chi connectivity index (χ2v) is 6.36. The minimum absolute atomic E-state index is 0.510. The summed E-state index contributed by atoms with van der Waals surface area (Å²) in [6.07, 6.45) is 0.516. The lowest BCUT2D eigenvalue weighted by atomic mass is 10.2. The zero-order valence-corrected chi connectivity index (χ0v) is 13.2. The van der Waals surface area contributed by atoms with Gasteiger partial charge in [-0.25, -0.2) is 9.97 Å². The van der Waals surface area contributed by atoms with Gasteiger partial charge in [0.05, 0.1) is 12.6 Å². The van der Waals surface area contributed by atoms with E-state index in [0.717, 1.165) is 29.1 Å². The molecule has 0 amide bonds. The van der Waals surface area contributed by atoms with E-state index in [9.17, 15) is 0 Å². The van der Waals surface area contributed by atoms with Gasteiger partial charge in [-0.1, -0.05) is 25.4 Å². The molecule has 0 aliphatic rings. The van der Waals surface area contributed by atoms with Crippen LogP contribution in [0.15, 0.2) is 11.4 Å². The molecular weight excluding hydrogens is 292 g/mol. The fourth-order valence-electron chi connectivity index (χ4n) is 2.09. The summed E-state index contributed by atoms with van der Waals surface area (Å²) in [5.41, 5.74) is 0. The zero-order valence-electron chi connectivity index (χ0n) is 11.6. The first kappa shape index (κ1) is 15.2. The standard InChI is InChI=1S/C14H17ClN4S/c1-10(2)8-19(6-3-5-16)9-12-17-13(15)11-4-7-20-14(11)18-12/h4,7,10H,3,6,8-9H2,1-2H3. The van der Waals surface area contributed by atoms with E-state index in [1.807, 2.05) is 11.4 Å². The number of nitriles is 1. The molecule has 0 bridgehead atoms. The molecule has 0 aliphatic heterocycles. The molecule has 2 rings (SSSR count). The smallest absolute Gasteiger partial charge is 0.145 e. The second kappa shape index (κ2) is 6.98. The van der Waals surface area contributed by atoms with Crippen LogP contribution >= 0.6 is 22.9 Å². The molecule has 2 heterocycles. The van der Waals surface area contributed by atoms with Crippen molar-refractivity contribution in [3.8, 4) is 6.07 Å². The second-order valence-electron chi connectivity index (χ2n) is 5.11. The summed E-state index contributed by atoms with van der Waals surface area (Å²) in [5.74, 6) is 1.26. The Balaban J connectivity index is 2.16. The zero-order chi connectivity index (χ0) is 14.5. The minimum atomic E-state index is 0.510. The lowest BCUT2D eigenvalue weighted by molar-refractivity contribution is 0.236. The Morgan fingerprint density at radius 1 is 1.45 bits per heavy atom. The average molecular weight is 309 g/mol. The number of thiophene rings is 1. The summed E-state index contributed by atoms with van der Waals surface area (Å²) in [6.45, 7) is 6.61.